The van der Waals surface area contributed by atoms with Crippen LogP contribution in [0.25, 0.3) is 11.1 Å². The first kappa shape index (κ1) is 39.1. The summed E-state index contributed by atoms with van der Waals surface area (Å²) in [4.78, 5) is 58.4. The van der Waals surface area contributed by atoms with Crippen LogP contribution in [0.2, 0.25) is 0 Å². The number of fused-ring (bicyclic) bond motifs is 2. The number of anilines is 1. The fourth-order valence-electron chi connectivity index (χ4n) is 7.35. The molecule has 0 spiro atoms. The van der Waals surface area contributed by atoms with Gasteiger partial charge in [0.2, 0.25) is 0 Å². The van der Waals surface area contributed by atoms with Gasteiger partial charge in [0.15, 0.2) is 11.6 Å². The molecule has 294 valence electrons. The molecule has 17 heteroatoms. The first-order valence-corrected chi connectivity index (χ1v) is 17.3. The molecule has 57 heavy (non-hydrogen) atoms. The smallest absolute Gasteiger partial charge is 0.290 e. The number of hydrogen-bond donors (Lipinski definition) is 0. The van der Waals surface area contributed by atoms with E-state index in [9.17, 15) is 49.9 Å². The van der Waals surface area contributed by atoms with Crippen LogP contribution in [-0.4, -0.2) is 38.1 Å². The number of alkyl halides is 6. The SMILES string of the molecule is CC(=O)c1cc(-c2cc(N3C(=O)c4ccccc4C3=O)cnc2[C@@H](CC(=O)Cn2nc(C(F)F)c3c2C(F)(F)CCC3(F)F)Cc2cc(F)cc(F)c2)ccc1F. The van der Waals surface area contributed by atoms with Crippen molar-refractivity contribution in [2.24, 2.45) is 0 Å². The van der Waals surface area contributed by atoms with Gasteiger partial charge in [-0.25, -0.2) is 35.6 Å². The van der Waals surface area contributed by atoms with Crippen LogP contribution in [0.15, 0.2) is 72.9 Å². The van der Waals surface area contributed by atoms with Crippen molar-refractivity contribution in [2.75, 3.05) is 4.90 Å². The van der Waals surface area contributed by atoms with Crippen LogP contribution < -0.4 is 4.90 Å². The maximum Gasteiger partial charge on any atom is 0.290 e. The summed E-state index contributed by atoms with van der Waals surface area (Å²) in [5, 5.41) is 3.33. The van der Waals surface area contributed by atoms with Gasteiger partial charge in [0.25, 0.3) is 30.1 Å². The summed E-state index contributed by atoms with van der Waals surface area (Å²) in [7, 11) is 0. The highest BCUT2D eigenvalue weighted by Crippen LogP contribution is 2.52. The van der Waals surface area contributed by atoms with E-state index in [-0.39, 0.29) is 49.4 Å². The zero-order valence-corrected chi connectivity index (χ0v) is 29.4. The number of rotatable bonds is 11. The van der Waals surface area contributed by atoms with E-state index < -0.39 is 114 Å². The predicted molar refractivity (Wildman–Crippen MR) is 184 cm³/mol. The predicted octanol–water partition coefficient (Wildman–Crippen LogP) is 9.27. The first-order chi connectivity index (χ1) is 26.9. The van der Waals surface area contributed by atoms with Gasteiger partial charge in [-0.15, -0.1) is 0 Å². The third kappa shape index (κ3) is 7.21. The van der Waals surface area contributed by atoms with Crippen molar-refractivity contribution in [2.45, 2.75) is 63.3 Å². The van der Waals surface area contributed by atoms with Crippen molar-refractivity contribution in [1.82, 2.24) is 14.8 Å². The molecule has 0 N–H and O–H groups in total. The summed E-state index contributed by atoms with van der Waals surface area (Å²) in [5.74, 6) is -15.6. The van der Waals surface area contributed by atoms with E-state index in [1.54, 1.807) is 12.1 Å². The number of carbonyl (C=O) groups excluding carboxylic acids is 4. The average molecular weight is 799 g/mol. The van der Waals surface area contributed by atoms with E-state index in [2.05, 4.69) is 10.1 Å². The lowest BCUT2D eigenvalue weighted by atomic mass is 9.86. The lowest BCUT2D eigenvalue weighted by Gasteiger charge is -2.29. The molecule has 5 aromatic rings. The number of aromatic nitrogens is 3. The van der Waals surface area contributed by atoms with E-state index in [0.29, 0.717) is 6.07 Å². The van der Waals surface area contributed by atoms with Crippen molar-refractivity contribution in [3.05, 3.63) is 135 Å². The lowest BCUT2D eigenvalue weighted by Crippen LogP contribution is -2.33. The molecule has 3 heterocycles. The summed E-state index contributed by atoms with van der Waals surface area (Å²) in [6, 6.07) is 13.0. The number of Topliss-reactive ketones (excluding diaryl/α,β-unsaturated/α-hetero) is 2. The normalized spacial score (nSPS) is 16.2. The van der Waals surface area contributed by atoms with Crippen LogP contribution in [0.5, 0.6) is 0 Å². The number of amides is 2. The first-order valence-electron chi connectivity index (χ1n) is 17.3. The largest absolute Gasteiger partial charge is 0.298 e. The molecule has 0 saturated heterocycles. The Hall–Kier alpha value is -6.13. The van der Waals surface area contributed by atoms with Crippen LogP contribution in [0.3, 0.4) is 0 Å². The quantitative estimate of drug-likeness (QED) is 0.0751. The Kier molecular flexibility index (Phi) is 9.90. The zero-order valence-electron chi connectivity index (χ0n) is 29.4. The summed E-state index contributed by atoms with van der Waals surface area (Å²) >= 11 is 0. The molecule has 0 fully saturated rings. The number of carbonyl (C=O) groups is 4. The Bertz CT molecular complexity index is 2450. The number of ketones is 2. The van der Waals surface area contributed by atoms with Crippen molar-refractivity contribution in [3.63, 3.8) is 0 Å². The second kappa shape index (κ2) is 14.4. The Morgan fingerprint density at radius 3 is 2.05 bits per heavy atom. The van der Waals surface area contributed by atoms with Crippen LogP contribution in [0.4, 0.5) is 45.2 Å². The van der Waals surface area contributed by atoms with Gasteiger partial charge in [-0.3, -0.25) is 28.8 Å². The third-order valence-electron chi connectivity index (χ3n) is 9.86. The van der Waals surface area contributed by atoms with Crippen molar-refractivity contribution < 1.29 is 58.7 Å². The molecule has 2 aromatic heterocycles. The maximum atomic E-state index is 15.2. The Labute approximate surface area is 316 Å². The standard InChI is InChI=1S/C40H27F9N4O4/c1-19(54)29-14-21(6-7-31(29)43)30-16-25(53-37(56)27-4-2-3-5-28(27)38(53)57)17-50-33(30)22(10-20-11-23(41)15-24(42)12-20)13-26(55)18-52-35-32(34(51-52)36(44)45)39(46,47)8-9-40(35,48)49/h2-7,11-12,14-17,22,36H,8-10,13,18H2,1H3/t22-/m1/s1. The molecule has 8 nitrogen and oxygen atoms in total. The number of halogens is 9. The minimum absolute atomic E-state index is 0.0103. The molecule has 0 saturated carbocycles. The molecule has 3 aromatic carbocycles. The van der Waals surface area contributed by atoms with Crippen LogP contribution in [0, 0.1) is 17.5 Å². The molecule has 1 aliphatic heterocycles. The van der Waals surface area contributed by atoms with Gasteiger partial charge in [0.05, 0.1) is 39.8 Å². The Balaban J connectivity index is 1.36. The fourth-order valence-corrected chi connectivity index (χ4v) is 7.35. The van der Waals surface area contributed by atoms with E-state index >= 15 is 8.78 Å². The van der Waals surface area contributed by atoms with Crippen molar-refractivity contribution in [1.29, 1.82) is 0 Å². The minimum atomic E-state index is -4.11. The van der Waals surface area contributed by atoms with Crippen molar-refractivity contribution in [3.8, 4) is 11.1 Å². The molecule has 0 radical (unpaired) electrons. The highest BCUT2D eigenvalue weighted by atomic mass is 19.3. The van der Waals surface area contributed by atoms with E-state index in [1.807, 2.05) is 0 Å². The molecule has 2 amide bonds. The molecule has 0 bridgehead atoms. The zero-order chi connectivity index (χ0) is 41.1. The van der Waals surface area contributed by atoms with E-state index in [4.69, 9.17) is 0 Å². The number of hydrogen-bond acceptors (Lipinski definition) is 6. The van der Waals surface area contributed by atoms with Gasteiger partial charge < -0.3 is 0 Å². The summed E-state index contributed by atoms with van der Waals surface area (Å²) in [5.41, 5.74) is -5.26. The molecule has 7 rings (SSSR count). The molecule has 1 aliphatic carbocycles. The lowest BCUT2D eigenvalue weighted by molar-refractivity contribution is -0.121. The third-order valence-corrected chi connectivity index (χ3v) is 9.86. The molecular formula is C40H27F9N4O4. The topological polar surface area (TPSA) is 102 Å². The number of benzene rings is 3. The van der Waals surface area contributed by atoms with Gasteiger partial charge in [-0.05, 0) is 66.9 Å². The Morgan fingerprint density at radius 1 is 0.807 bits per heavy atom. The minimum Gasteiger partial charge on any atom is -0.298 e. The number of pyridine rings is 1. The second-order valence-electron chi connectivity index (χ2n) is 13.8. The summed E-state index contributed by atoms with van der Waals surface area (Å²) in [6.45, 7) is -0.119. The van der Waals surface area contributed by atoms with Gasteiger partial charge in [0, 0.05) is 36.8 Å². The van der Waals surface area contributed by atoms with Crippen molar-refractivity contribution >= 4 is 29.1 Å². The molecular weight excluding hydrogens is 771 g/mol. The summed E-state index contributed by atoms with van der Waals surface area (Å²) < 4.78 is 132. The molecule has 2 aliphatic rings. The van der Waals surface area contributed by atoms with E-state index in [1.165, 1.54) is 24.3 Å². The van der Waals surface area contributed by atoms with Gasteiger partial charge in [-0.2, -0.15) is 13.9 Å². The van der Waals surface area contributed by atoms with Gasteiger partial charge >= 0.3 is 0 Å². The number of nitrogens with zero attached hydrogens (tertiary/aromatic N) is 4. The monoisotopic (exact) mass is 798 g/mol. The van der Waals surface area contributed by atoms with Crippen LogP contribution >= 0.6 is 0 Å². The number of imide groups is 1. The van der Waals surface area contributed by atoms with Gasteiger partial charge in [-0.1, -0.05) is 18.2 Å². The highest BCUT2D eigenvalue weighted by Gasteiger charge is 2.55. The molecule has 0 unspecified atom stereocenters. The van der Waals surface area contributed by atoms with Crippen LogP contribution in [0.1, 0.15) is 97.8 Å². The Morgan fingerprint density at radius 2 is 1.44 bits per heavy atom. The highest BCUT2D eigenvalue weighted by molar-refractivity contribution is 6.34. The van der Waals surface area contributed by atoms with Crippen LogP contribution in [-0.2, 0) is 29.6 Å². The fraction of sp³-hybridized carbons (Fsp3) is 0.250. The van der Waals surface area contributed by atoms with E-state index in [0.717, 1.165) is 42.3 Å². The second-order valence-corrected chi connectivity index (χ2v) is 13.8. The average Bonchev–Trinajstić information content (AvgIpc) is 3.66. The maximum absolute atomic E-state index is 15.2. The summed E-state index contributed by atoms with van der Waals surface area (Å²) in [6.07, 6.45) is -6.66. The molecule has 1 atom stereocenters. The van der Waals surface area contributed by atoms with Gasteiger partial charge in [0.1, 0.15) is 35.4 Å².